The molecule has 1 fully saturated rings. The lowest BCUT2D eigenvalue weighted by Crippen LogP contribution is -2.24. The van der Waals surface area contributed by atoms with Gasteiger partial charge in [0.15, 0.2) is 0 Å². The molecule has 0 bridgehead atoms. The molecule has 40 valence electrons. The van der Waals surface area contributed by atoms with Gasteiger partial charge < -0.3 is 7.15 Å². The third-order valence-electron chi connectivity index (χ3n) is 0.549. The van der Waals surface area contributed by atoms with Crippen molar-refractivity contribution < 1.29 is 15.9 Å². The van der Waals surface area contributed by atoms with E-state index in [1.807, 2.05) is 0 Å². The molecular weight excluding hydrogens is 137 g/mol. The predicted molar refractivity (Wildman–Crippen MR) is 22.5 cm³/mol. The summed E-state index contributed by atoms with van der Waals surface area (Å²) in [5.41, 5.74) is 0. The first kappa shape index (κ1) is 5.74. The van der Waals surface area contributed by atoms with Crippen LogP contribution in [-0.4, -0.2) is 14.8 Å². The fourth-order valence-electron chi connectivity index (χ4n) is 0.363. The molecule has 0 atom stereocenters. The van der Waals surface area contributed by atoms with E-state index in [-0.39, 0.29) is 0 Å². The van der Waals surface area contributed by atoms with Crippen molar-refractivity contribution in [1.29, 1.82) is 0 Å². The average Bonchev–Trinajstić information content (AvgIpc) is 1.27. The molecule has 0 amide bonds. The zero-order chi connectivity index (χ0) is 5.49. The summed E-state index contributed by atoms with van der Waals surface area (Å²) in [5, 5.41) is 0. The fraction of sp³-hybridized carbons (Fsp3) is 1.00. The Morgan fingerprint density at radius 2 is 2.14 bits per heavy atom. The fourth-order valence-corrected chi connectivity index (χ4v) is 3.26. The van der Waals surface area contributed by atoms with Gasteiger partial charge in [-0.15, -0.1) is 4.20 Å². The first-order valence-corrected chi connectivity index (χ1v) is 5.30. The molecular formula is CH3AlFO3P. The van der Waals surface area contributed by atoms with Crippen LogP contribution in [0.1, 0.15) is 0 Å². The second-order valence-corrected chi connectivity index (χ2v) is 4.89. The summed E-state index contributed by atoms with van der Waals surface area (Å²) in [6.07, 6.45) is 0. The van der Waals surface area contributed by atoms with Crippen LogP contribution in [0.25, 0.3) is 0 Å². The highest BCUT2D eigenvalue weighted by Gasteiger charge is 2.47. The van der Waals surface area contributed by atoms with Crippen LogP contribution < -0.4 is 0 Å². The molecule has 0 aromatic heterocycles. The molecule has 0 spiro atoms. The predicted octanol–water partition coefficient (Wildman–Crippen LogP) is 1.23. The van der Waals surface area contributed by atoms with Gasteiger partial charge >= 0.3 is 22.7 Å². The molecule has 1 heterocycles. The topological polar surface area (TPSA) is 35.5 Å². The van der Waals surface area contributed by atoms with E-state index in [2.05, 4.69) is 7.15 Å². The van der Waals surface area contributed by atoms with E-state index in [0.29, 0.717) is 0 Å². The molecule has 0 radical (unpaired) electrons. The lowest BCUT2D eigenvalue weighted by Gasteiger charge is -2.22. The normalized spacial score (nSPS) is 26.9. The summed E-state index contributed by atoms with van der Waals surface area (Å²) < 4.78 is 29.7. The highest BCUT2D eigenvalue weighted by Crippen LogP contribution is 2.58. The van der Waals surface area contributed by atoms with Gasteiger partial charge in [-0.05, 0) is 0 Å². The smallest absolute Gasteiger partial charge is 0.385 e. The zero-order valence-electron chi connectivity index (χ0n) is 3.63. The van der Waals surface area contributed by atoms with Crippen molar-refractivity contribution in [2.75, 3.05) is 0 Å². The molecule has 1 rings (SSSR count). The molecule has 0 aromatic rings. The van der Waals surface area contributed by atoms with Crippen LogP contribution in [0.2, 0.25) is 5.79 Å². The molecule has 0 unspecified atom stereocenters. The van der Waals surface area contributed by atoms with E-state index in [4.69, 9.17) is 0 Å². The highest BCUT2D eigenvalue weighted by atomic mass is 31.2. The summed E-state index contributed by atoms with van der Waals surface area (Å²) in [6, 6.07) is 0. The van der Waals surface area contributed by atoms with Crippen LogP contribution >= 0.6 is 7.91 Å². The zero-order valence-corrected chi connectivity index (χ0v) is 5.68. The first-order chi connectivity index (χ1) is 3.10. The largest absolute Gasteiger partial charge is 0.688 e. The first-order valence-electron chi connectivity index (χ1n) is 1.77. The standard InChI is InChI=1S/CH3.Al.FH2O3P/c;;1-5(2,3)4/h1H3;;(H2,2,3,4)/q;+2;/p-2. The molecule has 0 aliphatic carbocycles. The third-order valence-corrected chi connectivity index (χ3v) is 4.94. The van der Waals surface area contributed by atoms with Gasteiger partial charge in [0.1, 0.15) is 0 Å². The Morgan fingerprint density at radius 1 is 1.71 bits per heavy atom. The lowest BCUT2D eigenvalue weighted by molar-refractivity contribution is 0.242. The van der Waals surface area contributed by atoms with Gasteiger partial charge in [-0.3, -0.25) is 0 Å². The van der Waals surface area contributed by atoms with Crippen molar-refractivity contribution in [2.24, 2.45) is 0 Å². The minimum absolute atomic E-state index is 1.61. The van der Waals surface area contributed by atoms with Crippen molar-refractivity contribution in [2.45, 2.75) is 5.79 Å². The molecule has 1 aliphatic heterocycles. The second kappa shape index (κ2) is 1.54. The SMILES string of the molecule is [CH3][Al]1[O]P(=O)(F)[O]1. The van der Waals surface area contributed by atoms with Crippen molar-refractivity contribution in [3.05, 3.63) is 0 Å². The minimum Gasteiger partial charge on any atom is -0.385 e. The minimum atomic E-state index is -3.96. The van der Waals surface area contributed by atoms with Crippen molar-refractivity contribution >= 4 is 22.7 Å². The monoisotopic (exact) mass is 140 g/mol. The third kappa shape index (κ3) is 1.25. The summed E-state index contributed by atoms with van der Waals surface area (Å²) in [6.45, 7) is 0. The second-order valence-electron chi connectivity index (χ2n) is 1.21. The summed E-state index contributed by atoms with van der Waals surface area (Å²) in [7, 11) is -3.96. The van der Waals surface area contributed by atoms with E-state index in [1.54, 1.807) is 5.79 Å². The maximum absolute atomic E-state index is 11.6. The molecule has 3 nitrogen and oxygen atoms in total. The molecule has 0 saturated carbocycles. The van der Waals surface area contributed by atoms with E-state index in [1.165, 1.54) is 0 Å². The van der Waals surface area contributed by atoms with Crippen LogP contribution in [-0.2, 0) is 11.7 Å². The molecule has 1 aliphatic rings. The van der Waals surface area contributed by atoms with E-state index in [0.717, 1.165) is 0 Å². The number of hydrogen-bond acceptors (Lipinski definition) is 3. The van der Waals surface area contributed by atoms with Gasteiger partial charge in [0.05, 0.1) is 0 Å². The van der Waals surface area contributed by atoms with Crippen LogP contribution in [0.3, 0.4) is 0 Å². The Kier molecular flexibility index (Phi) is 1.27. The average molecular weight is 140 g/mol. The quantitative estimate of drug-likeness (QED) is 0.375. The van der Waals surface area contributed by atoms with Crippen LogP contribution in [0.15, 0.2) is 0 Å². The molecule has 7 heavy (non-hydrogen) atoms. The van der Waals surface area contributed by atoms with Gasteiger partial charge in [0.25, 0.3) is 0 Å². The molecule has 0 aromatic carbocycles. The van der Waals surface area contributed by atoms with Gasteiger partial charge in [0.2, 0.25) is 0 Å². The maximum atomic E-state index is 11.6. The van der Waals surface area contributed by atoms with Gasteiger partial charge in [0, 0.05) is 0 Å². The van der Waals surface area contributed by atoms with Crippen molar-refractivity contribution in [1.82, 2.24) is 0 Å². The number of halogens is 1. The Bertz CT molecular complexity index is 116. The number of hydrogen-bond donors (Lipinski definition) is 0. The highest BCUT2D eigenvalue weighted by molar-refractivity contribution is 7.54. The van der Waals surface area contributed by atoms with Gasteiger partial charge in [-0.2, -0.15) is 0 Å². The Hall–Kier alpha value is 0.612. The Labute approximate surface area is 45.1 Å². The van der Waals surface area contributed by atoms with Gasteiger partial charge in [-0.1, -0.05) is 5.79 Å². The van der Waals surface area contributed by atoms with Crippen LogP contribution in [0, 0.1) is 0 Å². The van der Waals surface area contributed by atoms with E-state index < -0.39 is 22.7 Å². The van der Waals surface area contributed by atoms with E-state index in [9.17, 15) is 8.76 Å². The Morgan fingerprint density at radius 3 is 2.14 bits per heavy atom. The summed E-state index contributed by atoms with van der Waals surface area (Å²) in [4.78, 5) is 0. The Balaban J connectivity index is 2.44. The van der Waals surface area contributed by atoms with Crippen LogP contribution in [0.4, 0.5) is 4.20 Å². The summed E-state index contributed by atoms with van der Waals surface area (Å²) >= 11 is -1.73. The number of rotatable bonds is 0. The van der Waals surface area contributed by atoms with Crippen molar-refractivity contribution in [3.8, 4) is 0 Å². The van der Waals surface area contributed by atoms with E-state index >= 15 is 0 Å². The summed E-state index contributed by atoms with van der Waals surface area (Å²) in [5.74, 6) is 1.61. The van der Waals surface area contributed by atoms with Crippen LogP contribution in [0.5, 0.6) is 0 Å². The molecule has 6 heteroatoms. The lowest BCUT2D eigenvalue weighted by atomic mass is 11.9. The maximum Gasteiger partial charge on any atom is 0.688 e. The molecule has 0 N–H and O–H groups in total. The van der Waals surface area contributed by atoms with Crippen molar-refractivity contribution in [3.63, 3.8) is 0 Å². The van der Waals surface area contributed by atoms with Gasteiger partial charge in [-0.25, -0.2) is 4.57 Å². The molecule has 1 saturated heterocycles.